The lowest BCUT2D eigenvalue weighted by atomic mass is 9.93. The van der Waals surface area contributed by atoms with E-state index in [1.807, 2.05) is 43.4 Å². The van der Waals surface area contributed by atoms with Crippen molar-refractivity contribution in [3.05, 3.63) is 59.7 Å². The van der Waals surface area contributed by atoms with Crippen LogP contribution in [0.5, 0.6) is 0 Å². The Hall–Kier alpha value is -3.72. The Morgan fingerprint density at radius 3 is 2.25 bits per heavy atom. The Bertz CT molecular complexity index is 1830. The van der Waals surface area contributed by atoms with Gasteiger partial charge in [0.15, 0.2) is 5.72 Å². The minimum absolute atomic E-state index is 0.0114. The number of amides is 2. The summed E-state index contributed by atoms with van der Waals surface area (Å²) in [4.78, 5) is 26.7. The van der Waals surface area contributed by atoms with E-state index < -0.39 is 5.72 Å². The maximum atomic E-state index is 13.3. The molecule has 180 valence electrons. The number of hydrogen-bond donors (Lipinski definition) is 2. The lowest BCUT2D eigenvalue weighted by molar-refractivity contribution is -0.256. The molecule has 4 atom stereocenters. The van der Waals surface area contributed by atoms with E-state index in [0.717, 1.165) is 43.6 Å². The maximum absolute atomic E-state index is 13.3. The highest BCUT2D eigenvalue weighted by Crippen LogP contribution is 2.53. The molecule has 3 aliphatic heterocycles. The standard InChI is InChI=1S/C28H24N4O4/c1-28-25(35-3)15(29-2)12-18(36-28)31-16-10-6-4-8-13(16)19-21-22(27(34)30-26(21)33)20-14-9-5-7-11-17(14)32(28)24(20)23(19)31/h4-11,15,18,25,29H,12H2,1-3H3,(H,30,33,34)/t15-,18-,25-,28+/m1/s1. The van der Waals surface area contributed by atoms with Crippen LogP contribution < -0.4 is 10.6 Å². The van der Waals surface area contributed by atoms with Crippen LogP contribution in [0.3, 0.4) is 0 Å². The first-order valence-electron chi connectivity index (χ1n) is 12.3. The zero-order valence-corrected chi connectivity index (χ0v) is 20.1. The van der Waals surface area contributed by atoms with Gasteiger partial charge in [0.25, 0.3) is 11.8 Å². The SMILES string of the molecule is CN[C@@H]1C[C@H]2O[C@@](C)([C@@H]1OC)n1c3ccccc3c3c4c(c5c6ccccc6n2c5c31)C(=O)NC4=O. The number of fused-ring (bicyclic) bond motifs is 13. The molecule has 5 aromatic rings. The van der Waals surface area contributed by atoms with Crippen molar-refractivity contribution in [2.75, 3.05) is 14.2 Å². The van der Waals surface area contributed by atoms with Crippen LogP contribution in [0.15, 0.2) is 48.5 Å². The minimum Gasteiger partial charge on any atom is -0.375 e. The summed E-state index contributed by atoms with van der Waals surface area (Å²) < 4.78 is 17.6. The highest BCUT2D eigenvalue weighted by Gasteiger charge is 2.53. The van der Waals surface area contributed by atoms with Gasteiger partial charge in [-0.25, -0.2) is 0 Å². The Balaban J connectivity index is 1.74. The number of benzene rings is 3. The minimum atomic E-state index is -0.882. The molecule has 3 aromatic carbocycles. The van der Waals surface area contributed by atoms with E-state index in [1.54, 1.807) is 7.11 Å². The van der Waals surface area contributed by atoms with Crippen molar-refractivity contribution >= 4 is 55.4 Å². The van der Waals surface area contributed by atoms with Crippen molar-refractivity contribution in [3.8, 4) is 0 Å². The molecule has 2 amide bonds. The summed E-state index contributed by atoms with van der Waals surface area (Å²) in [6.45, 7) is 2.07. The second kappa shape index (κ2) is 6.53. The molecular formula is C28H24N4O4. The van der Waals surface area contributed by atoms with Gasteiger partial charge < -0.3 is 23.9 Å². The molecule has 0 radical (unpaired) electrons. The first-order chi connectivity index (χ1) is 17.5. The summed E-state index contributed by atoms with van der Waals surface area (Å²) in [7, 11) is 3.67. The third kappa shape index (κ3) is 2.10. The fourth-order valence-corrected chi connectivity index (χ4v) is 7.25. The summed E-state index contributed by atoms with van der Waals surface area (Å²) in [5, 5.41) is 9.49. The number of aromatic nitrogens is 2. The van der Waals surface area contributed by atoms with Crippen LogP contribution in [0.2, 0.25) is 0 Å². The van der Waals surface area contributed by atoms with Gasteiger partial charge >= 0.3 is 0 Å². The Morgan fingerprint density at radius 1 is 0.972 bits per heavy atom. The summed E-state index contributed by atoms with van der Waals surface area (Å²) in [6, 6.07) is 16.1. The number of ether oxygens (including phenoxy) is 2. The molecule has 8 rings (SSSR count). The largest absolute Gasteiger partial charge is 0.375 e. The molecule has 1 saturated heterocycles. The smallest absolute Gasteiger partial charge is 0.259 e. The van der Waals surface area contributed by atoms with Crippen molar-refractivity contribution in [2.45, 2.75) is 37.4 Å². The van der Waals surface area contributed by atoms with Crippen molar-refractivity contribution in [1.82, 2.24) is 19.8 Å². The molecule has 0 unspecified atom stereocenters. The van der Waals surface area contributed by atoms with Gasteiger partial charge in [-0.15, -0.1) is 0 Å². The van der Waals surface area contributed by atoms with E-state index in [0.29, 0.717) is 17.5 Å². The predicted octanol–water partition coefficient (Wildman–Crippen LogP) is 3.99. The molecule has 5 heterocycles. The Morgan fingerprint density at radius 2 is 1.58 bits per heavy atom. The molecule has 0 aliphatic carbocycles. The number of para-hydroxylation sites is 2. The summed E-state index contributed by atoms with van der Waals surface area (Å²) in [5.41, 5.74) is 3.75. The topological polar surface area (TPSA) is 86.5 Å². The molecule has 8 heteroatoms. The van der Waals surface area contributed by atoms with Gasteiger partial charge in [0.1, 0.15) is 12.3 Å². The van der Waals surface area contributed by atoms with E-state index >= 15 is 0 Å². The fourth-order valence-electron chi connectivity index (χ4n) is 7.25. The van der Waals surface area contributed by atoms with Crippen LogP contribution in [0.4, 0.5) is 0 Å². The molecule has 0 spiro atoms. The molecule has 36 heavy (non-hydrogen) atoms. The van der Waals surface area contributed by atoms with E-state index in [4.69, 9.17) is 9.47 Å². The molecular weight excluding hydrogens is 456 g/mol. The monoisotopic (exact) mass is 480 g/mol. The number of rotatable bonds is 2. The lowest BCUT2D eigenvalue weighted by Gasteiger charge is -2.48. The third-order valence-electron chi connectivity index (χ3n) is 8.52. The fraction of sp³-hybridized carbons (Fsp3) is 0.286. The Labute approximate surface area is 205 Å². The van der Waals surface area contributed by atoms with Crippen LogP contribution in [-0.4, -0.2) is 47.3 Å². The van der Waals surface area contributed by atoms with Gasteiger partial charge in [-0.1, -0.05) is 36.4 Å². The molecule has 8 nitrogen and oxygen atoms in total. The maximum Gasteiger partial charge on any atom is 0.259 e. The van der Waals surface area contributed by atoms with Gasteiger partial charge in [-0.2, -0.15) is 0 Å². The van der Waals surface area contributed by atoms with Crippen LogP contribution in [0, 0.1) is 0 Å². The number of carbonyl (C=O) groups excluding carboxylic acids is 2. The average Bonchev–Trinajstić information content (AvgIpc) is 3.48. The van der Waals surface area contributed by atoms with Gasteiger partial charge in [-0.05, 0) is 26.1 Å². The first kappa shape index (κ1) is 20.5. The van der Waals surface area contributed by atoms with Gasteiger partial charge in [0, 0.05) is 41.1 Å². The zero-order chi connectivity index (χ0) is 24.5. The number of methoxy groups -OCH3 is 1. The van der Waals surface area contributed by atoms with Crippen LogP contribution in [-0.2, 0) is 15.2 Å². The van der Waals surface area contributed by atoms with Crippen molar-refractivity contribution in [1.29, 1.82) is 0 Å². The Kier molecular flexibility index (Phi) is 3.71. The van der Waals surface area contributed by atoms with Crippen LogP contribution in [0.1, 0.15) is 40.3 Å². The van der Waals surface area contributed by atoms with Crippen LogP contribution >= 0.6 is 0 Å². The third-order valence-corrected chi connectivity index (χ3v) is 8.52. The average molecular weight is 481 g/mol. The first-order valence-corrected chi connectivity index (χ1v) is 12.3. The second-order valence-electron chi connectivity index (χ2n) is 10.1. The number of nitrogens with one attached hydrogen (secondary N) is 2. The number of likely N-dealkylation sites (N-methyl/N-ethyl adjacent to an activating group) is 1. The van der Waals surface area contributed by atoms with E-state index in [2.05, 4.69) is 38.8 Å². The number of hydrogen-bond acceptors (Lipinski definition) is 5. The quantitative estimate of drug-likeness (QED) is 0.373. The normalized spacial score (nSPS) is 26.9. The highest BCUT2D eigenvalue weighted by molar-refractivity contribution is 6.39. The van der Waals surface area contributed by atoms with Crippen molar-refractivity contribution in [3.63, 3.8) is 0 Å². The molecule has 3 aliphatic rings. The number of carbonyl (C=O) groups is 2. The zero-order valence-electron chi connectivity index (χ0n) is 20.1. The van der Waals surface area contributed by atoms with Crippen LogP contribution in [0.25, 0.3) is 43.6 Å². The van der Waals surface area contributed by atoms with E-state index in [1.165, 1.54) is 0 Å². The number of nitrogens with zero attached hydrogens (tertiary/aromatic N) is 2. The van der Waals surface area contributed by atoms with Gasteiger partial charge in [0.05, 0.1) is 33.2 Å². The van der Waals surface area contributed by atoms with E-state index in [9.17, 15) is 9.59 Å². The second-order valence-corrected chi connectivity index (χ2v) is 10.1. The van der Waals surface area contributed by atoms with Gasteiger partial charge in [0.2, 0.25) is 0 Å². The summed E-state index contributed by atoms with van der Waals surface area (Å²) in [5.74, 6) is -0.704. The summed E-state index contributed by atoms with van der Waals surface area (Å²) in [6.07, 6.45) is 0.0823. The molecule has 1 fully saturated rings. The molecule has 0 saturated carbocycles. The highest BCUT2D eigenvalue weighted by atomic mass is 16.6. The number of imide groups is 1. The van der Waals surface area contributed by atoms with E-state index in [-0.39, 0.29) is 30.2 Å². The van der Waals surface area contributed by atoms with Gasteiger partial charge in [-0.3, -0.25) is 14.9 Å². The van der Waals surface area contributed by atoms with Crippen molar-refractivity contribution in [2.24, 2.45) is 0 Å². The molecule has 2 bridgehead atoms. The predicted molar refractivity (Wildman–Crippen MR) is 136 cm³/mol. The lowest BCUT2D eigenvalue weighted by Crippen LogP contribution is -2.59. The van der Waals surface area contributed by atoms with Crippen molar-refractivity contribution < 1.29 is 19.1 Å². The molecule has 2 N–H and O–H groups in total. The summed E-state index contributed by atoms with van der Waals surface area (Å²) >= 11 is 0. The molecule has 2 aromatic heterocycles.